The van der Waals surface area contributed by atoms with E-state index in [0.717, 1.165) is 30.8 Å². The molecule has 2 heterocycles. The number of likely N-dealkylation sites (tertiary alicyclic amines) is 1. The lowest BCUT2D eigenvalue weighted by Gasteiger charge is -2.33. The standard InChI is InChI=1S/C17H23N3O2/c1-22-15-6-2-4-13(10-15)17(21)12-20-9-3-5-14(11-20)16-7-8-18-19-16/h2,4,6-8,10,14,17,21H,3,5,9,11-12H2,1H3,(H,18,19)/t14-,17+/m1/s1. The molecule has 1 saturated heterocycles. The van der Waals surface area contributed by atoms with Crippen LogP contribution in [0, 0.1) is 0 Å². The smallest absolute Gasteiger partial charge is 0.119 e. The molecule has 0 amide bonds. The summed E-state index contributed by atoms with van der Waals surface area (Å²) in [5.74, 6) is 1.26. The first-order valence-corrected chi connectivity index (χ1v) is 7.80. The van der Waals surface area contributed by atoms with Crippen molar-refractivity contribution in [3.63, 3.8) is 0 Å². The lowest BCUT2D eigenvalue weighted by molar-refractivity contribution is 0.0948. The van der Waals surface area contributed by atoms with Crippen molar-refractivity contribution < 1.29 is 9.84 Å². The minimum Gasteiger partial charge on any atom is -0.497 e. The van der Waals surface area contributed by atoms with E-state index in [1.165, 1.54) is 12.1 Å². The predicted octanol–water partition coefficient (Wildman–Crippen LogP) is 2.33. The number of aromatic nitrogens is 2. The monoisotopic (exact) mass is 301 g/mol. The Bertz CT molecular complexity index is 585. The topological polar surface area (TPSA) is 61.4 Å². The van der Waals surface area contributed by atoms with Gasteiger partial charge in [0.05, 0.1) is 13.2 Å². The molecule has 0 bridgehead atoms. The number of aromatic amines is 1. The van der Waals surface area contributed by atoms with Crippen LogP contribution >= 0.6 is 0 Å². The van der Waals surface area contributed by atoms with Crippen LogP contribution in [0.3, 0.4) is 0 Å². The molecule has 5 heteroatoms. The number of aliphatic hydroxyl groups is 1. The molecule has 0 spiro atoms. The third-order valence-corrected chi connectivity index (χ3v) is 4.38. The fraction of sp³-hybridized carbons (Fsp3) is 0.471. The quantitative estimate of drug-likeness (QED) is 0.890. The number of hydrogen-bond acceptors (Lipinski definition) is 4. The number of benzene rings is 1. The van der Waals surface area contributed by atoms with Gasteiger partial charge in [-0.15, -0.1) is 0 Å². The summed E-state index contributed by atoms with van der Waals surface area (Å²) in [6, 6.07) is 9.71. The van der Waals surface area contributed by atoms with Crippen molar-refractivity contribution >= 4 is 0 Å². The van der Waals surface area contributed by atoms with Gasteiger partial charge in [-0.2, -0.15) is 5.10 Å². The van der Waals surface area contributed by atoms with Gasteiger partial charge in [-0.3, -0.25) is 10.00 Å². The van der Waals surface area contributed by atoms with E-state index in [2.05, 4.69) is 15.1 Å². The largest absolute Gasteiger partial charge is 0.497 e. The molecule has 0 saturated carbocycles. The Hall–Kier alpha value is -1.85. The van der Waals surface area contributed by atoms with Gasteiger partial charge in [-0.1, -0.05) is 12.1 Å². The van der Waals surface area contributed by atoms with Crippen molar-refractivity contribution in [2.24, 2.45) is 0 Å². The first kappa shape index (κ1) is 15.1. The van der Waals surface area contributed by atoms with Crippen molar-refractivity contribution in [3.8, 4) is 5.75 Å². The molecule has 1 fully saturated rings. The lowest BCUT2D eigenvalue weighted by atomic mass is 9.94. The van der Waals surface area contributed by atoms with Gasteiger partial charge in [0.25, 0.3) is 0 Å². The highest BCUT2D eigenvalue weighted by Gasteiger charge is 2.24. The van der Waals surface area contributed by atoms with E-state index in [-0.39, 0.29) is 0 Å². The van der Waals surface area contributed by atoms with Crippen LogP contribution in [0.1, 0.15) is 36.1 Å². The van der Waals surface area contributed by atoms with E-state index in [1.54, 1.807) is 13.3 Å². The number of nitrogens with zero attached hydrogens (tertiary/aromatic N) is 2. The van der Waals surface area contributed by atoms with E-state index in [1.807, 2.05) is 30.3 Å². The zero-order valence-corrected chi connectivity index (χ0v) is 12.9. The highest BCUT2D eigenvalue weighted by Crippen LogP contribution is 2.27. The fourth-order valence-electron chi connectivity index (χ4n) is 3.17. The van der Waals surface area contributed by atoms with E-state index in [0.29, 0.717) is 12.5 Å². The molecule has 5 nitrogen and oxygen atoms in total. The molecule has 3 rings (SSSR count). The van der Waals surface area contributed by atoms with Crippen LogP contribution in [0.4, 0.5) is 0 Å². The van der Waals surface area contributed by atoms with Gasteiger partial charge in [0.2, 0.25) is 0 Å². The SMILES string of the molecule is COc1cccc([C@@H](O)CN2CCC[C@@H](c3ccn[nH]3)C2)c1. The Labute approximate surface area is 130 Å². The van der Waals surface area contributed by atoms with Crippen LogP contribution in [-0.4, -0.2) is 46.9 Å². The average molecular weight is 301 g/mol. The highest BCUT2D eigenvalue weighted by molar-refractivity contribution is 5.30. The zero-order valence-electron chi connectivity index (χ0n) is 12.9. The Morgan fingerprint density at radius 2 is 2.36 bits per heavy atom. The van der Waals surface area contributed by atoms with Gasteiger partial charge in [0, 0.05) is 30.9 Å². The van der Waals surface area contributed by atoms with Gasteiger partial charge < -0.3 is 9.84 Å². The molecule has 118 valence electrons. The molecular weight excluding hydrogens is 278 g/mol. The van der Waals surface area contributed by atoms with E-state index in [4.69, 9.17) is 4.74 Å². The predicted molar refractivity (Wildman–Crippen MR) is 85.0 cm³/mol. The number of piperidine rings is 1. The number of ether oxygens (including phenoxy) is 1. The molecule has 22 heavy (non-hydrogen) atoms. The van der Waals surface area contributed by atoms with Crippen molar-refractivity contribution in [3.05, 3.63) is 47.8 Å². The molecular formula is C17H23N3O2. The van der Waals surface area contributed by atoms with Crippen molar-refractivity contribution in [1.82, 2.24) is 15.1 Å². The van der Waals surface area contributed by atoms with E-state index >= 15 is 0 Å². The minimum absolute atomic E-state index is 0.480. The summed E-state index contributed by atoms with van der Waals surface area (Å²) >= 11 is 0. The summed E-state index contributed by atoms with van der Waals surface area (Å²) in [4.78, 5) is 2.33. The van der Waals surface area contributed by atoms with Crippen molar-refractivity contribution in [1.29, 1.82) is 0 Å². The summed E-state index contributed by atoms with van der Waals surface area (Å²) < 4.78 is 5.23. The Kier molecular flexibility index (Phi) is 4.75. The molecule has 1 aromatic heterocycles. The number of β-amino-alcohol motifs (C(OH)–C–C–N with tert-alkyl or cyclic N) is 1. The van der Waals surface area contributed by atoms with Crippen LogP contribution < -0.4 is 4.74 Å². The van der Waals surface area contributed by atoms with Gasteiger partial charge in [0.15, 0.2) is 0 Å². The Balaban J connectivity index is 1.62. The number of rotatable bonds is 5. The molecule has 1 aromatic carbocycles. The summed E-state index contributed by atoms with van der Waals surface area (Å²) in [6.07, 6.45) is 3.64. The second kappa shape index (κ2) is 6.94. The van der Waals surface area contributed by atoms with E-state index in [9.17, 15) is 5.11 Å². The maximum atomic E-state index is 10.5. The second-order valence-electron chi connectivity index (χ2n) is 5.90. The van der Waals surface area contributed by atoms with Crippen LogP contribution in [-0.2, 0) is 0 Å². The Morgan fingerprint density at radius 1 is 1.45 bits per heavy atom. The molecule has 0 unspecified atom stereocenters. The molecule has 0 radical (unpaired) electrons. The maximum absolute atomic E-state index is 10.5. The zero-order chi connectivity index (χ0) is 15.4. The third-order valence-electron chi connectivity index (χ3n) is 4.38. The maximum Gasteiger partial charge on any atom is 0.119 e. The molecule has 1 aliphatic rings. The van der Waals surface area contributed by atoms with Gasteiger partial charge in [-0.25, -0.2) is 0 Å². The first-order chi connectivity index (χ1) is 10.8. The van der Waals surface area contributed by atoms with Crippen LogP contribution in [0.5, 0.6) is 5.75 Å². The van der Waals surface area contributed by atoms with Crippen LogP contribution in [0.25, 0.3) is 0 Å². The molecule has 2 N–H and O–H groups in total. The van der Waals surface area contributed by atoms with E-state index < -0.39 is 6.10 Å². The number of aliphatic hydroxyl groups excluding tert-OH is 1. The number of methoxy groups -OCH3 is 1. The second-order valence-corrected chi connectivity index (χ2v) is 5.90. The summed E-state index contributed by atoms with van der Waals surface area (Å²) in [5, 5.41) is 17.6. The highest BCUT2D eigenvalue weighted by atomic mass is 16.5. The molecule has 0 aliphatic carbocycles. The number of H-pyrrole nitrogens is 1. The normalized spacial score (nSPS) is 20.7. The molecule has 1 aliphatic heterocycles. The average Bonchev–Trinajstić information content (AvgIpc) is 3.10. The minimum atomic E-state index is -0.490. The molecule has 2 atom stereocenters. The third kappa shape index (κ3) is 3.48. The van der Waals surface area contributed by atoms with Crippen LogP contribution in [0.15, 0.2) is 36.5 Å². The summed E-state index contributed by atoms with van der Waals surface area (Å²) in [7, 11) is 1.64. The lowest BCUT2D eigenvalue weighted by Crippen LogP contribution is -2.37. The van der Waals surface area contributed by atoms with Gasteiger partial charge >= 0.3 is 0 Å². The van der Waals surface area contributed by atoms with Gasteiger partial charge in [0.1, 0.15) is 5.75 Å². The summed E-state index contributed by atoms with van der Waals surface area (Å²) in [6.45, 7) is 2.65. The fourth-order valence-corrected chi connectivity index (χ4v) is 3.17. The first-order valence-electron chi connectivity index (χ1n) is 7.80. The number of nitrogens with one attached hydrogen (secondary N) is 1. The molecule has 2 aromatic rings. The van der Waals surface area contributed by atoms with Crippen molar-refractivity contribution in [2.75, 3.05) is 26.7 Å². The summed E-state index contributed by atoms with van der Waals surface area (Å²) in [5.41, 5.74) is 2.10. The van der Waals surface area contributed by atoms with Crippen LogP contribution in [0.2, 0.25) is 0 Å². The van der Waals surface area contributed by atoms with Crippen molar-refractivity contribution in [2.45, 2.75) is 24.9 Å². The van der Waals surface area contributed by atoms with Gasteiger partial charge in [-0.05, 0) is 43.1 Å². The number of hydrogen-bond donors (Lipinski definition) is 2. The Morgan fingerprint density at radius 3 is 3.14 bits per heavy atom.